The van der Waals surface area contributed by atoms with Gasteiger partial charge >= 0.3 is 12.1 Å². The Bertz CT molecular complexity index is 779. The third kappa shape index (κ3) is 4.58. The zero-order chi connectivity index (χ0) is 19.6. The van der Waals surface area contributed by atoms with E-state index in [1.165, 1.54) is 0 Å². The van der Waals surface area contributed by atoms with E-state index in [1.54, 1.807) is 29.2 Å². The summed E-state index contributed by atoms with van der Waals surface area (Å²) >= 11 is 0. The smallest absolute Gasteiger partial charge is 0.470 e. The normalized spacial score (nSPS) is 16.0. The Morgan fingerprint density at radius 3 is 2.33 bits per heavy atom. The first-order valence-corrected chi connectivity index (χ1v) is 8.70. The van der Waals surface area contributed by atoms with Crippen molar-refractivity contribution >= 4 is 5.91 Å². The molecule has 9 heteroatoms. The lowest BCUT2D eigenvalue weighted by Crippen LogP contribution is -2.38. The largest absolute Gasteiger partial charge is 0.491 e. The number of rotatable bonds is 4. The number of ether oxygens (including phenoxy) is 1. The number of likely N-dealkylation sites (tertiary alicyclic amines) is 1. The van der Waals surface area contributed by atoms with E-state index in [-0.39, 0.29) is 23.8 Å². The van der Waals surface area contributed by atoms with Crippen LogP contribution in [-0.4, -0.2) is 40.2 Å². The summed E-state index contributed by atoms with van der Waals surface area (Å²) < 4.78 is 48.0. The topological polar surface area (TPSA) is 68.5 Å². The first-order chi connectivity index (χ1) is 12.7. The van der Waals surface area contributed by atoms with Gasteiger partial charge in [0.05, 0.1) is 6.10 Å². The molecule has 1 saturated heterocycles. The second kappa shape index (κ2) is 7.58. The van der Waals surface area contributed by atoms with Gasteiger partial charge in [-0.25, -0.2) is 0 Å². The maximum Gasteiger partial charge on any atom is 0.470 e. The quantitative estimate of drug-likeness (QED) is 0.801. The molecule has 1 aromatic carbocycles. The number of amides is 1. The molecule has 0 saturated carbocycles. The van der Waals surface area contributed by atoms with E-state index in [4.69, 9.17) is 9.15 Å². The van der Waals surface area contributed by atoms with Crippen LogP contribution in [0.2, 0.25) is 0 Å². The Balaban J connectivity index is 1.58. The van der Waals surface area contributed by atoms with Crippen LogP contribution in [-0.2, 0) is 6.18 Å². The second-order valence-electron chi connectivity index (χ2n) is 6.70. The molecule has 146 valence electrons. The molecule has 6 nitrogen and oxygen atoms in total. The number of piperidine rings is 1. The molecule has 0 spiro atoms. The van der Waals surface area contributed by atoms with Gasteiger partial charge in [0.2, 0.25) is 5.89 Å². The minimum atomic E-state index is -4.65. The molecule has 2 heterocycles. The fourth-order valence-corrected chi connectivity index (χ4v) is 2.97. The van der Waals surface area contributed by atoms with Crippen molar-refractivity contribution in [2.75, 3.05) is 13.1 Å². The molecule has 0 aliphatic carbocycles. The van der Waals surface area contributed by atoms with Gasteiger partial charge in [-0.1, -0.05) is 0 Å². The van der Waals surface area contributed by atoms with E-state index in [1.807, 2.05) is 13.8 Å². The van der Waals surface area contributed by atoms with Crippen LogP contribution >= 0.6 is 0 Å². The molecule has 1 fully saturated rings. The number of benzene rings is 1. The molecule has 2 aromatic rings. The van der Waals surface area contributed by atoms with Crippen molar-refractivity contribution in [2.45, 2.75) is 44.9 Å². The Labute approximate surface area is 154 Å². The summed E-state index contributed by atoms with van der Waals surface area (Å²) in [5.41, 5.74) is 0.543. The molecule has 1 amide bonds. The maximum absolute atomic E-state index is 12.6. The number of halogens is 3. The van der Waals surface area contributed by atoms with Gasteiger partial charge in [0.1, 0.15) is 5.75 Å². The third-order valence-corrected chi connectivity index (χ3v) is 4.29. The van der Waals surface area contributed by atoms with Crippen LogP contribution in [0.3, 0.4) is 0 Å². The molecule has 1 aromatic heterocycles. The maximum atomic E-state index is 12.6. The lowest BCUT2D eigenvalue weighted by atomic mass is 9.96. The van der Waals surface area contributed by atoms with Crippen LogP contribution in [0.4, 0.5) is 13.2 Å². The van der Waals surface area contributed by atoms with E-state index in [2.05, 4.69) is 10.2 Å². The molecule has 3 rings (SSSR count). The lowest BCUT2D eigenvalue weighted by molar-refractivity contribution is -0.157. The summed E-state index contributed by atoms with van der Waals surface area (Å²) in [6.07, 6.45) is -3.65. The summed E-state index contributed by atoms with van der Waals surface area (Å²) in [5, 5.41) is 6.57. The fourth-order valence-electron chi connectivity index (χ4n) is 2.97. The Morgan fingerprint density at radius 1 is 1.19 bits per heavy atom. The van der Waals surface area contributed by atoms with Crippen molar-refractivity contribution in [1.82, 2.24) is 15.1 Å². The summed E-state index contributed by atoms with van der Waals surface area (Å²) in [5.74, 6) is -1.06. The Kier molecular flexibility index (Phi) is 5.38. The second-order valence-corrected chi connectivity index (χ2v) is 6.70. The van der Waals surface area contributed by atoms with E-state index in [0.29, 0.717) is 37.2 Å². The Hall–Kier alpha value is -2.58. The molecule has 1 aliphatic heterocycles. The number of carbonyl (C=O) groups excluding carboxylic acids is 1. The minimum absolute atomic E-state index is 0.0235. The van der Waals surface area contributed by atoms with Gasteiger partial charge in [0, 0.05) is 24.6 Å². The third-order valence-electron chi connectivity index (χ3n) is 4.29. The molecule has 0 radical (unpaired) electrons. The molecule has 0 unspecified atom stereocenters. The highest BCUT2D eigenvalue weighted by Crippen LogP contribution is 2.32. The molecule has 1 aliphatic rings. The van der Waals surface area contributed by atoms with Crippen molar-refractivity contribution in [2.24, 2.45) is 0 Å². The number of aromatic nitrogens is 2. The van der Waals surface area contributed by atoms with Gasteiger partial charge < -0.3 is 14.1 Å². The molecular weight excluding hydrogens is 363 g/mol. The van der Waals surface area contributed by atoms with Gasteiger partial charge in [-0.3, -0.25) is 4.79 Å². The lowest BCUT2D eigenvalue weighted by Gasteiger charge is -2.30. The number of hydrogen-bond donors (Lipinski definition) is 0. The van der Waals surface area contributed by atoms with Gasteiger partial charge in [0.25, 0.3) is 5.91 Å². The highest BCUT2D eigenvalue weighted by Gasteiger charge is 2.39. The van der Waals surface area contributed by atoms with Crippen molar-refractivity contribution < 1.29 is 27.1 Å². The zero-order valence-corrected chi connectivity index (χ0v) is 15.0. The van der Waals surface area contributed by atoms with Gasteiger partial charge in [-0.05, 0) is 51.0 Å². The average Bonchev–Trinajstić information content (AvgIpc) is 3.12. The molecule has 0 N–H and O–H groups in total. The highest BCUT2D eigenvalue weighted by molar-refractivity contribution is 5.94. The zero-order valence-electron chi connectivity index (χ0n) is 15.0. The minimum Gasteiger partial charge on any atom is -0.491 e. The van der Waals surface area contributed by atoms with Crippen LogP contribution in [0.1, 0.15) is 54.7 Å². The molecule has 0 atom stereocenters. The van der Waals surface area contributed by atoms with E-state index >= 15 is 0 Å². The van der Waals surface area contributed by atoms with Crippen LogP contribution in [0.25, 0.3) is 0 Å². The van der Waals surface area contributed by atoms with Crippen LogP contribution < -0.4 is 4.74 Å². The number of nitrogens with zero attached hydrogens (tertiary/aromatic N) is 3. The summed E-state index contributed by atoms with van der Waals surface area (Å²) in [7, 11) is 0. The predicted octanol–water partition coefficient (Wildman–Crippen LogP) is 3.90. The predicted molar refractivity (Wildman–Crippen MR) is 89.4 cm³/mol. The van der Waals surface area contributed by atoms with Crippen molar-refractivity contribution in [3.05, 3.63) is 41.6 Å². The average molecular weight is 383 g/mol. The monoisotopic (exact) mass is 383 g/mol. The van der Waals surface area contributed by atoms with Gasteiger partial charge in [0.15, 0.2) is 0 Å². The standard InChI is InChI=1S/C18H20F3N3O3/c1-11(2)26-14-5-3-13(4-6-14)16(25)24-9-7-12(8-10-24)15-22-23-17(27-15)18(19,20)21/h3-6,11-12H,7-10H2,1-2H3. The fraction of sp³-hybridized carbons (Fsp3) is 0.500. The summed E-state index contributed by atoms with van der Waals surface area (Å²) in [6.45, 7) is 4.67. The highest BCUT2D eigenvalue weighted by atomic mass is 19.4. The Morgan fingerprint density at radius 2 is 1.81 bits per heavy atom. The number of alkyl halides is 3. The van der Waals surface area contributed by atoms with Gasteiger partial charge in [-0.15, -0.1) is 10.2 Å². The van der Waals surface area contributed by atoms with Gasteiger partial charge in [-0.2, -0.15) is 13.2 Å². The van der Waals surface area contributed by atoms with E-state index in [9.17, 15) is 18.0 Å². The summed E-state index contributed by atoms with van der Waals surface area (Å²) in [6, 6.07) is 6.91. The van der Waals surface area contributed by atoms with Crippen LogP contribution in [0.15, 0.2) is 28.7 Å². The van der Waals surface area contributed by atoms with Crippen LogP contribution in [0.5, 0.6) is 5.75 Å². The van der Waals surface area contributed by atoms with Crippen molar-refractivity contribution in [3.8, 4) is 5.75 Å². The SMILES string of the molecule is CC(C)Oc1ccc(C(=O)N2CCC(c3nnc(C(F)(F)F)o3)CC2)cc1. The number of hydrogen-bond acceptors (Lipinski definition) is 5. The molecular formula is C18H20F3N3O3. The first-order valence-electron chi connectivity index (χ1n) is 8.70. The molecule has 0 bridgehead atoms. The van der Waals surface area contributed by atoms with E-state index < -0.39 is 12.1 Å². The van der Waals surface area contributed by atoms with Crippen LogP contribution in [0, 0.1) is 0 Å². The van der Waals surface area contributed by atoms with Crippen molar-refractivity contribution in [1.29, 1.82) is 0 Å². The van der Waals surface area contributed by atoms with E-state index in [0.717, 1.165) is 0 Å². The molecule has 27 heavy (non-hydrogen) atoms. The number of carbonyl (C=O) groups is 1. The first kappa shape index (κ1) is 19.2. The van der Waals surface area contributed by atoms with Crippen molar-refractivity contribution in [3.63, 3.8) is 0 Å². The summed E-state index contributed by atoms with van der Waals surface area (Å²) in [4.78, 5) is 14.3.